The van der Waals surface area contributed by atoms with E-state index in [9.17, 15) is 13.2 Å². The molecule has 2 aromatic rings. The van der Waals surface area contributed by atoms with Crippen LogP contribution in [0.1, 0.15) is 5.56 Å². The number of urea groups is 1. The molecule has 0 aromatic heterocycles. The summed E-state index contributed by atoms with van der Waals surface area (Å²) in [7, 11) is -0.879. The number of carbonyl (C=O) groups excluding carboxylic acids is 1. The fraction of sp³-hybridized carbons (Fsp3) is 0.188. The van der Waals surface area contributed by atoms with Crippen LogP contribution < -0.4 is 9.79 Å². The van der Waals surface area contributed by atoms with Crippen LogP contribution in [-0.2, 0) is 21.4 Å². The molecule has 3 rings (SSSR count). The smallest absolute Gasteiger partial charge is 0.321 e. The van der Waals surface area contributed by atoms with Crippen molar-refractivity contribution < 1.29 is 18.0 Å². The molecule has 0 fully saturated rings. The van der Waals surface area contributed by atoms with Crippen LogP contribution in [0.2, 0.25) is 0 Å². The number of carbonyl (C=O) groups is 1. The lowest BCUT2D eigenvalue weighted by Crippen LogP contribution is -2.36. The van der Waals surface area contributed by atoms with Crippen LogP contribution >= 0.6 is 0 Å². The zero-order chi connectivity index (χ0) is 17.3. The van der Waals surface area contributed by atoms with Gasteiger partial charge in [0.25, 0.3) is 10.0 Å². The molecular weight excluding hydrogens is 330 g/mol. The molecule has 0 aliphatic carbocycles. The Bertz CT molecular complexity index is 868. The highest BCUT2D eigenvalue weighted by molar-refractivity contribution is 7.92. The number of sulfonamides is 1. The Kier molecular flexibility index (Phi) is 4.16. The van der Waals surface area contributed by atoms with E-state index in [1.807, 2.05) is 0 Å². The minimum atomic E-state index is -3.84. The summed E-state index contributed by atoms with van der Waals surface area (Å²) < 4.78 is 26.4. The number of benzene rings is 2. The van der Waals surface area contributed by atoms with Crippen LogP contribution in [0.25, 0.3) is 0 Å². The second-order valence-corrected chi connectivity index (χ2v) is 7.11. The topological polar surface area (TPSA) is 79.0 Å². The molecule has 0 spiro atoms. The number of hydrogen-bond donors (Lipinski definition) is 1. The van der Waals surface area contributed by atoms with E-state index in [4.69, 9.17) is 4.84 Å². The van der Waals surface area contributed by atoms with Crippen LogP contribution in [0.3, 0.4) is 0 Å². The minimum absolute atomic E-state index is 0.134. The van der Waals surface area contributed by atoms with Crippen molar-refractivity contribution in [1.82, 2.24) is 4.90 Å². The van der Waals surface area contributed by atoms with Gasteiger partial charge >= 0.3 is 6.03 Å². The standard InChI is InChI=1S/C16H17N3O4S/c1-18-11-12-10-13(8-9-15(12)17-16(18)20)19(23-2)24(21,22)14-6-4-3-5-7-14/h3-10H,11H2,1-2H3,(H,17,20). The SMILES string of the molecule is CON(c1ccc2c(c1)CN(C)C(=O)N2)S(=O)(=O)c1ccccc1. The van der Waals surface area contributed by atoms with Gasteiger partial charge in [0, 0.05) is 19.3 Å². The highest BCUT2D eigenvalue weighted by Crippen LogP contribution is 2.30. The summed E-state index contributed by atoms with van der Waals surface area (Å²) >= 11 is 0. The first-order chi connectivity index (χ1) is 11.4. The van der Waals surface area contributed by atoms with Gasteiger partial charge in [-0.2, -0.15) is 8.42 Å². The number of anilines is 2. The molecule has 24 heavy (non-hydrogen) atoms. The number of nitrogens with zero attached hydrogens (tertiary/aromatic N) is 2. The van der Waals surface area contributed by atoms with Crippen LogP contribution in [0, 0.1) is 0 Å². The van der Waals surface area contributed by atoms with Gasteiger partial charge in [-0.05, 0) is 35.9 Å². The predicted octanol–water partition coefficient (Wildman–Crippen LogP) is 2.42. The molecule has 0 saturated carbocycles. The number of rotatable bonds is 4. The molecule has 1 heterocycles. The number of nitrogens with one attached hydrogen (secondary N) is 1. The molecule has 8 heteroatoms. The lowest BCUT2D eigenvalue weighted by Gasteiger charge is -2.28. The summed E-state index contributed by atoms with van der Waals surface area (Å²) in [5.41, 5.74) is 1.83. The molecule has 2 amide bonds. The van der Waals surface area contributed by atoms with Gasteiger partial charge in [0.2, 0.25) is 0 Å². The first kappa shape index (κ1) is 16.3. The zero-order valence-electron chi connectivity index (χ0n) is 13.3. The van der Waals surface area contributed by atoms with E-state index in [2.05, 4.69) is 5.32 Å². The Labute approximate surface area is 140 Å². The first-order valence-corrected chi connectivity index (χ1v) is 8.67. The maximum Gasteiger partial charge on any atom is 0.321 e. The van der Waals surface area contributed by atoms with Gasteiger partial charge in [0.05, 0.1) is 17.7 Å². The van der Waals surface area contributed by atoms with E-state index in [0.29, 0.717) is 17.9 Å². The largest absolute Gasteiger partial charge is 0.323 e. The quantitative estimate of drug-likeness (QED) is 0.862. The second kappa shape index (κ2) is 6.14. The molecule has 0 bridgehead atoms. The fourth-order valence-electron chi connectivity index (χ4n) is 2.51. The van der Waals surface area contributed by atoms with Gasteiger partial charge in [-0.1, -0.05) is 18.2 Å². The highest BCUT2D eigenvalue weighted by atomic mass is 32.2. The van der Waals surface area contributed by atoms with Gasteiger partial charge < -0.3 is 10.2 Å². The third kappa shape index (κ3) is 2.81. The van der Waals surface area contributed by atoms with Gasteiger partial charge in [-0.15, -0.1) is 4.47 Å². The molecule has 0 atom stereocenters. The Balaban J connectivity index is 2.01. The summed E-state index contributed by atoms with van der Waals surface area (Å²) in [6.07, 6.45) is 0. The Morgan fingerprint density at radius 1 is 1.17 bits per heavy atom. The summed E-state index contributed by atoms with van der Waals surface area (Å²) in [6.45, 7) is 0.387. The monoisotopic (exact) mass is 347 g/mol. The maximum absolute atomic E-state index is 12.8. The van der Waals surface area contributed by atoms with Gasteiger partial charge in [0.1, 0.15) is 0 Å². The molecule has 0 saturated heterocycles. The van der Waals surface area contributed by atoms with Gasteiger partial charge in [-0.3, -0.25) is 4.84 Å². The zero-order valence-corrected chi connectivity index (χ0v) is 14.1. The Hall–Kier alpha value is -2.58. The van der Waals surface area contributed by atoms with Crippen molar-refractivity contribution in [3.05, 3.63) is 54.1 Å². The lowest BCUT2D eigenvalue weighted by atomic mass is 10.1. The Morgan fingerprint density at radius 3 is 2.54 bits per heavy atom. The van der Waals surface area contributed by atoms with E-state index >= 15 is 0 Å². The molecule has 126 valence electrons. The van der Waals surface area contributed by atoms with Crippen molar-refractivity contribution in [1.29, 1.82) is 0 Å². The maximum atomic E-state index is 12.8. The minimum Gasteiger partial charge on any atom is -0.323 e. The van der Waals surface area contributed by atoms with Crippen molar-refractivity contribution in [3.8, 4) is 0 Å². The van der Waals surface area contributed by atoms with E-state index in [1.165, 1.54) is 24.1 Å². The molecule has 0 unspecified atom stereocenters. The molecular formula is C16H17N3O4S. The van der Waals surface area contributed by atoms with Crippen LogP contribution in [0.5, 0.6) is 0 Å². The number of hydrogen-bond acceptors (Lipinski definition) is 4. The Morgan fingerprint density at radius 2 is 1.88 bits per heavy atom. The predicted molar refractivity (Wildman–Crippen MR) is 90.0 cm³/mol. The third-order valence-corrected chi connectivity index (χ3v) is 5.39. The van der Waals surface area contributed by atoms with E-state index < -0.39 is 10.0 Å². The number of amides is 2. The average molecular weight is 347 g/mol. The van der Waals surface area contributed by atoms with E-state index in [1.54, 1.807) is 43.4 Å². The van der Waals surface area contributed by atoms with Crippen molar-refractivity contribution in [2.24, 2.45) is 0 Å². The van der Waals surface area contributed by atoms with E-state index in [0.717, 1.165) is 10.0 Å². The average Bonchev–Trinajstić information content (AvgIpc) is 2.57. The van der Waals surface area contributed by atoms with Crippen molar-refractivity contribution in [2.75, 3.05) is 23.9 Å². The van der Waals surface area contributed by atoms with Crippen LogP contribution in [0.4, 0.5) is 16.2 Å². The van der Waals surface area contributed by atoms with Crippen LogP contribution in [-0.4, -0.2) is 33.5 Å². The summed E-state index contributed by atoms with van der Waals surface area (Å²) in [5, 5.41) is 2.74. The summed E-state index contributed by atoms with van der Waals surface area (Å²) in [5.74, 6) is 0. The second-order valence-electron chi connectivity index (χ2n) is 5.36. The molecule has 2 aromatic carbocycles. The van der Waals surface area contributed by atoms with Crippen LogP contribution in [0.15, 0.2) is 53.4 Å². The van der Waals surface area contributed by atoms with Gasteiger partial charge in [-0.25, -0.2) is 4.79 Å². The molecule has 1 N–H and O–H groups in total. The molecule has 0 radical (unpaired) electrons. The highest BCUT2D eigenvalue weighted by Gasteiger charge is 2.27. The molecule has 1 aliphatic rings. The van der Waals surface area contributed by atoms with Crippen molar-refractivity contribution in [2.45, 2.75) is 11.4 Å². The normalized spacial score (nSPS) is 14.1. The lowest BCUT2D eigenvalue weighted by molar-refractivity contribution is 0.215. The number of fused-ring (bicyclic) bond motifs is 1. The molecule has 7 nitrogen and oxygen atoms in total. The van der Waals surface area contributed by atoms with E-state index in [-0.39, 0.29) is 10.9 Å². The molecule has 1 aliphatic heterocycles. The van der Waals surface area contributed by atoms with Gasteiger partial charge in [0.15, 0.2) is 0 Å². The van der Waals surface area contributed by atoms with Crippen molar-refractivity contribution in [3.63, 3.8) is 0 Å². The summed E-state index contributed by atoms with van der Waals surface area (Å²) in [4.78, 5) is 18.4. The van der Waals surface area contributed by atoms with Crippen molar-refractivity contribution >= 4 is 27.4 Å². The summed E-state index contributed by atoms with van der Waals surface area (Å²) in [6, 6.07) is 12.8. The first-order valence-electron chi connectivity index (χ1n) is 7.23. The third-order valence-electron chi connectivity index (χ3n) is 3.72. The fourth-order valence-corrected chi connectivity index (χ4v) is 3.79.